The van der Waals surface area contributed by atoms with Crippen molar-refractivity contribution in [2.75, 3.05) is 26.2 Å². The molecule has 3 aromatic rings. The van der Waals surface area contributed by atoms with E-state index in [2.05, 4.69) is 72.5 Å². The molecule has 3 nitrogen and oxygen atoms in total. The Balaban J connectivity index is 1.51. The van der Waals surface area contributed by atoms with Gasteiger partial charge in [-0.2, -0.15) is 0 Å². The van der Waals surface area contributed by atoms with Gasteiger partial charge in [0, 0.05) is 29.3 Å². The summed E-state index contributed by atoms with van der Waals surface area (Å²) in [4.78, 5) is 2.47. The number of benzene rings is 3. The molecule has 0 spiro atoms. The Morgan fingerprint density at radius 2 is 1.61 bits per heavy atom. The molecule has 2 aliphatic heterocycles. The molecule has 0 aromatic heterocycles. The van der Waals surface area contributed by atoms with E-state index in [9.17, 15) is 0 Å². The molecule has 0 bridgehead atoms. The van der Waals surface area contributed by atoms with Crippen LogP contribution in [0, 0.1) is 0 Å². The molecule has 158 valence electrons. The van der Waals surface area contributed by atoms with Gasteiger partial charge in [0.15, 0.2) is 0 Å². The van der Waals surface area contributed by atoms with E-state index in [4.69, 9.17) is 9.47 Å². The molecule has 5 rings (SSSR count). The summed E-state index contributed by atoms with van der Waals surface area (Å²) in [5, 5.41) is 0. The van der Waals surface area contributed by atoms with E-state index in [1.807, 2.05) is 12.1 Å². The van der Waals surface area contributed by atoms with Crippen LogP contribution in [0.2, 0.25) is 0 Å². The lowest BCUT2D eigenvalue weighted by Gasteiger charge is -2.26. The van der Waals surface area contributed by atoms with Crippen LogP contribution in [0.5, 0.6) is 17.2 Å². The number of hydrogen-bond acceptors (Lipinski definition) is 3. The molecular weight excluding hydrogens is 382 g/mol. The zero-order chi connectivity index (χ0) is 21.0. The van der Waals surface area contributed by atoms with Crippen LogP contribution in [-0.4, -0.2) is 31.1 Å². The SMILES string of the molecule is CC/C(=C1\c2ccccc2Oc2cc(OCCN3CCCC3)ccc21)c1ccccc1. The highest BCUT2D eigenvalue weighted by atomic mass is 16.5. The zero-order valence-corrected chi connectivity index (χ0v) is 18.1. The first-order valence-corrected chi connectivity index (χ1v) is 11.4. The fraction of sp³-hybridized carbons (Fsp3) is 0.286. The van der Waals surface area contributed by atoms with Gasteiger partial charge in [0.2, 0.25) is 0 Å². The largest absolute Gasteiger partial charge is 0.492 e. The monoisotopic (exact) mass is 411 g/mol. The van der Waals surface area contributed by atoms with Crippen molar-refractivity contribution in [1.29, 1.82) is 0 Å². The third-order valence-corrected chi connectivity index (χ3v) is 6.25. The van der Waals surface area contributed by atoms with Crippen LogP contribution in [0.25, 0.3) is 11.1 Å². The Labute approximate surface area is 184 Å². The molecule has 1 saturated heterocycles. The number of rotatable bonds is 6. The summed E-state index contributed by atoms with van der Waals surface area (Å²) >= 11 is 0. The molecule has 0 unspecified atom stereocenters. The van der Waals surface area contributed by atoms with E-state index in [1.54, 1.807) is 0 Å². The van der Waals surface area contributed by atoms with Crippen molar-refractivity contribution in [3.8, 4) is 17.2 Å². The second-order valence-electron chi connectivity index (χ2n) is 8.23. The number of fused-ring (bicyclic) bond motifs is 2. The summed E-state index contributed by atoms with van der Waals surface area (Å²) in [6.45, 7) is 6.31. The topological polar surface area (TPSA) is 21.7 Å². The number of para-hydroxylation sites is 1. The normalized spacial score (nSPS) is 16.9. The first-order chi connectivity index (χ1) is 15.3. The lowest BCUT2D eigenvalue weighted by atomic mass is 9.86. The molecular formula is C28H29NO2. The summed E-state index contributed by atoms with van der Waals surface area (Å²) in [6, 6.07) is 25.3. The van der Waals surface area contributed by atoms with Crippen LogP contribution < -0.4 is 9.47 Å². The molecule has 0 radical (unpaired) electrons. The minimum Gasteiger partial charge on any atom is -0.492 e. The zero-order valence-electron chi connectivity index (χ0n) is 18.1. The molecule has 31 heavy (non-hydrogen) atoms. The molecule has 3 heteroatoms. The Kier molecular flexibility index (Phi) is 5.77. The van der Waals surface area contributed by atoms with Crippen molar-refractivity contribution in [3.63, 3.8) is 0 Å². The maximum atomic E-state index is 6.33. The van der Waals surface area contributed by atoms with Crippen LogP contribution in [0.15, 0.2) is 72.8 Å². The van der Waals surface area contributed by atoms with Gasteiger partial charge < -0.3 is 9.47 Å². The van der Waals surface area contributed by atoms with Crippen molar-refractivity contribution in [2.24, 2.45) is 0 Å². The van der Waals surface area contributed by atoms with Crippen LogP contribution in [0.4, 0.5) is 0 Å². The third-order valence-electron chi connectivity index (χ3n) is 6.25. The van der Waals surface area contributed by atoms with Crippen molar-refractivity contribution in [3.05, 3.63) is 89.5 Å². The second-order valence-corrected chi connectivity index (χ2v) is 8.23. The number of nitrogens with zero attached hydrogens (tertiary/aromatic N) is 1. The Bertz CT molecular complexity index is 1080. The van der Waals surface area contributed by atoms with Crippen LogP contribution in [0.3, 0.4) is 0 Å². The van der Waals surface area contributed by atoms with E-state index in [1.165, 1.54) is 42.6 Å². The lowest BCUT2D eigenvalue weighted by Crippen LogP contribution is -2.25. The minimum absolute atomic E-state index is 0.711. The smallest absolute Gasteiger partial charge is 0.139 e. The molecule has 2 heterocycles. The van der Waals surface area contributed by atoms with Gasteiger partial charge in [-0.25, -0.2) is 0 Å². The fourth-order valence-corrected chi connectivity index (χ4v) is 4.70. The summed E-state index contributed by atoms with van der Waals surface area (Å²) in [5.41, 5.74) is 6.13. The Morgan fingerprint density at radius 3 is 2.42 bits per heavy atom. The predicted molar refractivity (Wildman–Crippen MR) is 127 cm³/mol. The number of ether oxygens (including phenoxy) is 2. The lowest BCUT2D eigenvalue weighted by molar-refractivity contribution is 0.237. The summed E-state index contributed by atoms with van der Waals surface area (Å²) < 4.78 is 12.4. The van der Waals surface area contributed by atoms with Crippen molar-refractivity contribution < 1.29 is 9.47 Å². The highest BCUT2D eigenvalue weighted by Gasteiger charge is 2.25. The molecule has 0 N–H and O–H groups in total. The van der Waals surface area contributed by atoms with Gasteiger partial charge in [-0.3, -0.25) is 4.90 Å². The molecule has 0 aliphatic carbocycles. The minimum atomic E-state index is 0.711. The van der Waals surface area contributed by atoms with Gasteiger partial charge in [0.1, 0.15) is 23.9 Å². The van der Waals surface area contributed by atoms with Crippen molar-refractivity contribution in [1.82, 2.24) is 4.90 Å². The van der Waals surface area contributed by atoms with Crippen LogP contribution >= 0.6 is 0 Å². The highest BCUT2D eigenvalue weighted by Crippen LogP contribution is 2.48. The highest BCUT2D eigenvalue weighted by molar-refractivity contribution is 6.02. The molecule has 0 amide bonds. The van der Waals surface area contributed by atoms with E-state index in [0.717, 1.165) is 41.3 Å². The van der Waals surface area contributed by atoms with Gasteiger partial charge in [-0.1, -0.05) is 55.5 Å². The van der Waals surface area contributed by atoms with Gasteiger partial charge >= 0.3 is 0 Å². The van der Waals surface area contributed by atoms with Crippen molar-refractivity contribution >= 4 is 11.1 Å². The first kappa shape index (κ1) is 19.9. The molecule has 1 fully saturated rings. The first-order valence-electron chi connectivity index (χ1n) is 11.4. The average molecular weight is 412 g/mol. The quantitative estimate of drug-likeness (QED) is 0.355. The molecule has 0 saturated carbocycles. The van der Waals surface area contributed by atoms with E-state index in [0.29, 0.717) is 6.61 Å². The number of allylic oxidation sites excluding steroid dienone is 1. The van der Waals surface area contributed by atoms with Crippen LogP contribution in [0.1, 0.15) is 42.9 Å². The molecule has 2 aliphatic rings. The van der Waals surface area contributed by atoms with Gasteiger partial charge in [-0.15, -0.1) is 0 Å². The van der Waals surface area contributed by atoms with E-state index in [-0.39, 0.29) is 0 Å². The standard InChI is InChI=1S/C28H29NO2/c1-2-23(21-10-4-3-5-11-21)28-24-12-6-7-13-26(24)31-27-20-22(14-15-25(27)28)30-19-18-29-16-8-9-17-29/h3-7,10-15,20H,2,8-9,16-19H2,1H3/b28-23-. The predicted octanol–water partition coefficient (Wildman–Crippen LogP) is 6.64. The maximum absolute atomic E-state index is 6.33. The van der Waals surface area contributed by atoms with Gasteiger partial charge in [0.05, 0.1) is 0 Å². The van der Waals surface area contributed by atoms with E-state index >= 15 is 0 Å². The average Bonchev–Trinajstić information content (AvgIpc) is 3.33. The summed E-state index contributed by atoms with van der Waals surface area (Å²) in [6.07, 6.45) is 3.56. The molecule has 3 aromatic carbocycles. The maximum Gasteiger partial charge on any atom is 0.139 e. The van der Waals surface area contributed by atoms with Crippen LogP contribution in [-0.2, 0) is 0 Å². The third kappa shape index (κ3) is 4.11. The second kappa shape index (κ2) is 8.99. The Morgan fingerprint density at radius 1 is 0.871 bits per heavy atom. The number of likely N-dealkylation sites (tertiary alicyclic amines) is 1. The Hall–Kier alpha value is -3.04. The molecule has 0 atom stereocenters. The van der Waals surface area contributed by atoms with E-state index < -0.39 is 0 Å². The summed E-state index contributed by atoms with van der Waals surface area (Å²) in [5.74, 6) is 2.64. The van der Waals surface area contributed by atoms with Gasteiger partial charge in [0.25, 0.3) is 0 Å². The van der Waals surface area contributed by atoms with Crippen molar-refractivity contribution in [2.45, 2.75) is 26.2 Å². The fourth-order valence-electron chi connectivity index (χ4n) is 4.70. The van der Waals surface area contributed by atoms with Gasteiger partial charge in [-0.05, 0) is 61.7 Å². The summed E-state index contributed by atoms with van der Waals surface area (Å²) in [7, 11) is 0. The number of hydrogen-bond donors (Lipinski definition) is 0.